The van der Waals surface area contributed by atoms with Gasteiger partial charge in [-0.15, -0.1) is 0 Å². The summed E-state index contributed by atoms with van der Waals surface area (Å²) in [4.78, 5) is 11.7. The van der Waals surface area contributed by atoms with E-state index in [9.17, 15) is 9.18 Å². The van der Waals surface area contributed by atoms with Crippen molar-refractivity contribution in [2.45, 2.75) is 32.1 Å². The van der Waals surface area contributed by atoms with Crippen LogP contribution in [0.1, 0.15) is 13.3 Å². The Morgan fingerprint density at radius 1 is 1.81 bits per heavy atom. The number of halogens is 1. The van der Waals surface area contributed by atoms with Gasteiger partial charge in [-0.2, -0.15) is 5.10 Å². The molecule has 2 N–H and O–H groups in total. The molecule has 0 aromatic carbocycles. The van der Waals surface area contributed by atoms with E-state index in [0.717, 1.165) is 6.54 Å². The first kappa shape index (κ1) is 11.1. The molecule has 2 atom stereocenters. The number of aryl methyl sites for hydroxylation is 1. The molecular formula is C10H15FN4O. The highest BCUT2D eigenvalue weighted by Gasteiger charge is 2.29. The van der Waals surface area contributed by atoms with Gasteiger partial charge in [-0.3, -0.25) is 9.48 Å². The maximum atomic E-state index is 12.9. The lowest BCUT2D eigenvalue weighted by Crippen LogP contribution is -2.35. The van der Waals surface area contributed by atoms with E-state index in [2.05, 4.69) is 15.7 Å². The van der Waals surface area contributed by atoms with Crippen LogP contribution in [0.4, 0.5) is 10.2 Å². The molecule has 6 heteroatoms. The van der Waals surface area contributed by atoms with Crippen LogP contribution < -0.4 is 10.6 Å². The molecule has 2 unspecified atom stereocenters. The number of aromatic nitrogens is 2. The van der Waals surface area contributed by atoms with Crippen molar-refractivity contribution in [2.75, 3.05) is 11.9 Å². The molecule has 1 aromatic rings. The third kappa shape index (κ3) is 2.38. The van der Waals surface area contributed by atoms with Crippen LogP contribution in [-0.4, -0.2) is 34.4 Å². The lowest BCUT2D eigenvalue weighted by molar-refractivity contribution is -0.117. The summed E-state index contributed by atoms with van der Waals surface area (Å²) in [7, 11) is 0. The summed E-state index contributed by atoms with van der Waals surface area (Å²) < 4.78 is 14.6. The third-order valence-electron chi connectivity index (χ3n) is 2.61. The van der Waals surface area contributed by atoms with Crippen LogP contribution in [0.25, 0.3) is 0 Å². The monoisotopic (exact) mass is 226 g/mol. The first-order valence-corrected chi connectivity index (χ1v) is 5.41. The molecule has 1 saturated heterocycles. The summed E-state index contributed by atoms with van der Waals surface area (Å²) in [6.07, 6.45) is 1.10. The normalized spacial score (nSPS) is 24.6. The number of nitrogens with zero attached hydrogens (tertiary/aromatic N) is 2. The average Bonchev–Trinajstić information content (AvgIpc) is 2.87. The van der Waals surface area contributed by atoms with Gasteiger partial charge in [-0.1, -0.05) is 0 Å². The number of alkyl halides is 1. The second-order valence-corrected chi connectivity index (χ2v) is 3.84. The Morgan fingerprint density at radius 2 is 2.62 bits per heavy atom. The molecule has 2 rings (SSSR count). The number of hydrogen-bond donors (Lipinski definition) is 2. The molecule has 1 aliphatic heterocycles. The van der Waals surface area contributed by atoms with Crippen LogP contribution >= 0.6 is 0 Å². The van der Waals surface area contributed by atoms with Gasteiger partial charge in [0.15, 0.2) is 5.82 Å². The molecular weight excluding hydrogens is 211 g/mol. The van der Waals surface area contributed by atoms with E-state index in [-0.39, 0.29) is 18.9 Å². The SMILES string of the molecule is CCn1ccc(NC(=O)C2CC(F)CN2)n1. The van der Waals surface area contributed by atoms with Crippen LogP contribution in [0.3, 0.4) is 0 Å². The van der Waals surface area contributed by atoms with Gasteiger partial charge in [-0.05, 0) is 6.92 Å². The number of carbonyl (C=O) groups excluding carboxylic acids is 1. The molecule has 0 spiro atoms. The molecule has 16 heavy (non-hydrogen) atoms. The summed E-state index contributed by atoms with van der Waals surface area (Å²) in [6.45, 7) is 2.97. The highest BCUT2D eigenvalue weighted by molar-refractivity contribution is 5.94. The standard InChI is InChI=1S/C10H15FN4O/c1-2-15-4-3-9(14-15)13-10(16)8-5-7(11)6-12-8/h3-4,7-8,12H,2,5-6H2,1H3,(H,13,14,16). The third-order valence-corrected chi connectivity index (χ3v) is 2.61. The van der Waals surface area contributed by atoms with Gasteiger partial charge < -0.3 is 10.6 Å². The molecule has 0 aliphatic carbocycles. The number of carbonyl (C=O) groups is 1. The first-order chi connectivity index (χ1) is 7.69. The maximum absolute atomic E-state index is 12.9. The Kier molecular flexibility index (Phi) is 3.19. The number of rotatable bonds is 3. The van der Waals surface area contributed by atoms with Crippen molar-refractivity contribution in [3.8, 4) is 0 Å². The summed E-state index contributed by atoms with van der Waals surface area (Å²) in [5.41, 5.74) is 0. The fraction of sp³-hybridized carbons (Fsp3) is 0.600. The molecule has 0 saturated carbocycles. The highest BCUT2D eigenvalue weighted by Crippen LogP contribution is 2.12. The smallest absolute Gasteiger partial charge is 0.242 e. The van der Waals surface area contributed by atoms with Gasteiger partial charge in [-0.25, -0.2) is 4.39 Å². The summed E-state index contributed by atoms with van der Waals surface area (Å²) in [6, 6.07) is 1.28. The number of amides is 1. The summed E-state index contributed by atoms with van der Waals surface area (Å²) in [5.74, 6) is 0.289. The van der Waals surface area contributed by atoms with Crippen LogP contribution in [0.5, 0.6) is 0 Å². The Morgan fingerprint density at radius 3 is 3.19 bits per heavy atom. The summed E-state index contributed by atoms with van der Waals surface area (Å²) >= 11 is 0. The Labute approximate surface area is 93.0 Å². The second kappa shape index (κ2) is 4.61. The Balaban J connectivity index is 1.91. The second-order valence-electron chi connectivity index (χ2n) is 3.84. The van der Waals surface area contributed by atoms with Crippen molar-refractivity contribution < 1.29 is 9.18 Å². The van der Waals surface area contributed by atoms with E-state index in [0.29, 0.717) is 5.82 Å². The van der Waals surface area contributed by atoms with Gasteiger partial charge in [0.25, 0.3) is 0 Å². The Hall–Kier alpha value is -1.43. The molecule has 1 aromatic heterocycles. The van der Waals surface area contributed by atoms with Crippen molar-refractivity contribution in [3.05, 3.63) is 12.3 Å². The topological polar surface area (TPSA) is 59.0 Å². The minimum atomic E-state index is -0.927. The van der Waals surface area contributed by atoms with Crippen molar-refractivity contribution in [3.63, 3.8) is 0 Å². The molecule has 0 radical (unpaired) electrons. The minimum Gasteiger partial charge on any atom is -0.308 e. The molecule has 0 bridgehead atoms. The van der Waals surface area contributed by atoms with E-state index >= 15 is 0 Å². The van der Waals surface area contributed by atoms with Crippen LogP contribution in [0.2, 0.25) is 0 Å². The average molecular weight is 226 g/mol. The molecule has 1 fully saturated rings. The quantitative estimate of drug-likeness (QED) is 0.791. The van der Waals surface area contributed by atoms with Gasteiger partial charge in [0.1, 0.15) is 6.17 Å². The van der Waals surface area contributed by atoms with Crippen molar-refractivity contribution in [2.24, 2.45) is 0 Å². The molecule has 1 aliphatic rings. The molecule has 2 heterocycles. The predicted molar refractivity (Wildman–Crippen MR) is 57.8 cm³/mol. The van der Waals surface area contributed by atoms with Crippen molar-refractivity contribution in [1.82, 2.24) is 15.1 Å². The zero-order valence-electron chi connectivity index (χ0n) is 9.11. The molecule has 1 amide bonds. The van der Waals surface area contributed by atoms with Gasteiger partial charge in [0.05, 0.1) is 6.04 Å². The van der Waals surface area contributed by atoms with Gasteiger partial charge in [0.2, 0.25) is 5.91 Å². The summed E-state index contributed by atoms with van der Waals surface area (Å²) in [5, 5.41) is 9.61. The zero-order valence-corrected chi connectivity index (χ0v) is 9.11. The highest BCUT2D eigenvalue weighted by atomic mass is 19.1. The lowest BCUT2D eigenvalue weighted by Gasteiger charge is -2.08. The molecule has 88 valence electrons. The van der Waals surface area contributed by atoms with Gasteiger partial charge in [0, 0.05) is 31.8 Å². The molecule has 5 nitrogen and oxygen atoms in total. The fourth-order valence-electron chi connectivity index (χ4n) is 1.71. The van der Waals surface area contributed by atoms with E-state index in [1.54, 1.807) is 16.9 Å². The van der Waals surface area contributed by atoms with E-state index in [1.165, 1.54) is 0 Å². The lowest BCUT2D eigenvalue weighted by atomic mass is 10.2. The van der Waals surface area contributed by atoms with Crippen LogP contribution in [0.15, 0.2) is 12.3 Å². The predicted octanol–water partition coefficient (Wildman–Crippen LogP) is 0.541. The number of anilines is 1. The largest absolute Gasteiger partial charge is 0.308 e. The van der Waals surface area contributed by atoms with Crippen LogP contribution in [0, 0.1) is 0 Å². The Bertz CT molecular complexity index is 379. The van der Waals surface area contributed by atoms with E-state index < -0.39 is 12.2 Å². The van der Waals surface area contributed by atoms with Gasteiger partial charge >= 0.3 is 0 Å². The van der Waals surface area contributed by atoms with Crippen molar-refractivity contribution >= 4 is 11.7 Å². The first-order valence-electron chi connectivity index (χ1n) is 5.41. The van der Waals surface area contributed by atoms with Crippen molar-refractivity contribution in [1.29, 1.82) is 0 Å². The zero-order chi connectivity index (χ0) is 11.5. The van der Waals surface area contributed by atoms with E-state index in [1.807, 2.05) is 6.92 Å². The minimum absolute atomic E-state index is 0.221. The fourth-order valence-corrected chi connectivity index (χ4v) is 1.71. The maximum Gasteiger partial charge on any atom is 0.242 e. The van der Waals surface area contributed by atoms with E-state index in [4.69, 9.17) is 0 Å². The van der Waals surface area contributed by atoms with Crippen LogP contribution in [-0.2, 0) is 11.3 Å². The number of nitrogens with one attached hydrogen (secondary N) is 2. The number of hydrogen-bond acceptors (Lipinski definition) is 3.